The molecule has 6 nitrogen and oxygen atoms in total. The van der Waals surface area contributed by atoms with Gasteiger partial charge in [-0.15, -0.1) is 0 Å². The third kappa shape index (κ3) is 7.27. The first-order valence-electron chi connectivity index (χ1n) is 14.1. The average molecular weight is 515 g/mol. The van der Waals surface area contributed by atoms with Crippen molar-refractivity contribution in [2.75, 3.05) is 0 Å². The summed E-state index contributed by atoms with van der Waals surface area (Å²) in [5.41, 5.74) is 4.22. The van der Waals surface area contributed by atoms with Crippen molar-refractivity contribution < 1.29 is 19.4 Å². The minimum atomic E-state index is -1.10. The molecule has 0 aliphatic heterocycles. The third-order valence-electron chi connectivity index (χ3n) is 7.31. The van der Waals surface area contributed by atoms with Crippen molar-refractivity contribution in [3.8, 4) is 17.1 Å². The van der Waals surface area contributed by atoms with Gasteiger partial charge in [0.2, 0.25) is 0 Å². The Hall–Kier alpha value is -3.54. The summed E-state index contributed by atoms with van der Waals surface area (Å²) in [7, 11) is 0. The van der Waals surface area contributed by atoms with Crippen LogP contribution < -0.4 is 4.74 Å². The van der Waals surface area contributed by atoms with Gasteiger partial charge in [-0.2, -0.15) is 0 Å². The monoisotopic (exact) mass is 514 g/mol. The first-order chi connectivity index (χ1) is 18.6. The lowest BCUT2D eigenvalue weighted by atomic mass is 9.89. The molecule has 0 saturated heterocycles. The fourth-order valence-corrected chi connectivity index (χ4v) is 5.08. The van der Waals surface area contributed by atoms with Gasteiger partial charge in [0.25, 0.3) is 0 Å². The highest BCUT2D eigenvalue weighted by Gasteiger charge is 2.24. The lowest BCUT2D eigenvalue weighted by Crippen LogP contribution is -2.16. The van der Waals surface area contributed by atoms with E-state index in [9.17, 15) is 14.7 Å². The van der Waals surface area contributed by atoms with E-state index in [-0.39, 0.29) is 11.3 Å². The molecule has 200 valence electrons. The minimum Gasteiger partial charge on any atom is -0.478 e. The number of carboxylic acids is 1. The zero-order chi connectivity index (χ0) is 26.7. The van der Waals surface area contributed by atoms with Crippen molar-refractivity contribution in [3.63, 3.8) is 0 Å². The van der Waals surface area contributed by atoms with Crippen LogP contribution in [0.4, 0.5) is 0 Å². The van der Waals surface area contributed by atoms with Gasteiger partial charge < -0.3 is 9.84 Å². The molecular weight excluding hydrogens is 476 g/mol. The van der Waals surface area contributed by atoms with Crippen molar-refractivity contribution in [2.24, 2.45) is 0 Å². The van der Waals surface area contributed by atoms with Crippen LogP contribution in [-0.4, -0.2) is 27.0 Å². The van der Waals surface area contributed by atoms with E-state index in [0.29, 0.717) is 17.8 Å². The number of aromatic carboxylic acids is 1. The van der Waals surface area contributed by atoms with Gasteiger partial charge in [-0.1, -0.05) is 70.1 Å². The summed E-state index contributed by atoms with van der Waals surface area (Å²) in [6.07, 6.45) is 18.7. The van der Waals surface area contributed by atoms with Crippen molar-refractivity contribution >= 4 is 11.9 Å². The van der Waals surface area contributed by atoms with Gasteiger partial charge in [-0.25, -0.2) is 19.6 Å². The standard InChI is InChI=1S/C32H38N2O4/c1-2-3-4-5-6-7-8-9-12-23-21-33-30(34-22-23)25-15-17-26(18-16-25)32(37)38-29-27-14-11-10-13-24(27)19-20-28(29)31(35)36/h15-22H,2-14H2,1H3,(H,35,36). The number of esters is 1. The largest absolute Gasteiger partial charge is 0.478 e. The Morgan fingerprint density at radius 2 is 1.50 bits per heavy atom. The number of ether oxygens (including phenoxy) is 1. The van der Waals surface area contributed by atoms with E-state index >= 15 is 0 Å². The van der Waals surface area contributed by atoms with Gasteiger partial charge in [0.1, 0.15) is 11.3 Å². The number of hydrogen-bond acceptors (Lipinski definition) is 5. The van der Waals surface area contributed by atoms with E-state index in [1.54, 1.807) is 24.3 Å². The van der Waals surface area contributed by atoms with E-state index in [1.165, 1.54) is 51.0 Å². The number of nitrogens with zero attached hydrogens (tertiary/aromatic N) is 2. The topological polar surface area (TPSA) is 89.4 Å². The smallest absolute Gasteiger partial charge is 0.343 e. The number of fused-ring (bicyclic) bond motifs is 1. The number of benzene rings is 2. The van der Waals surface area contributed by atoms with E-state index in [1.807, 2.05) is 18.5 Å². The molecule has 0 amide bonds. The highest BCUT2D eigenvalue weighted by Crippen LogP contribution is 2.34. The van der Waals surface area contributed by atoms with Crippen LogP contribution in [0.1, 0.15) is 109 Å². The molecule has 1 N–H and O–H groups in total. The number of carbonyl (C=O) groups excluding carboxylic acids is 1. The molecule has 0 unspecified atom stereocenters. The predicted molar refractivity (Wildman–Crippen MR) is 149 cm³/mol. The van der Waals surface area contributed by atoms with Crippen LogP contribution in [-0.2, 0) is 19.3 Å². The fraction of sp³-hybridized carbons (Fsp3) is 0.438. The number of rotatable bonds is 13. The van der Waals surface area contributed by atoms with Crippen LogP contribution in [0.3, 0.4) is 0 Å². The Labute approximate surface area is 225 Å². The van der Waals surface area contributed by atoms with Crippen LogP contribution >= 0.6 is 0 Å². The van der Waals surface area contributed by atoms with E-state index < -0.39 is 11.9 Å². The molecule has 1 heterocycles. The van der Waals surface area contributed by atoms with Gasteiger partial charge in [0, 0.05) is 18.0 Å². The van der Waals surface area contributed by atoms with Crippen LogP contribution in [0, 0.1) is 0 Å². The van der Waals surface area contributed by atoms with Crippen molar-refractivity contribution in [2.45, 2.75) is 90.4 Å². The molecule has 3 aromatic rings. The summed E-state index contributed by atoms with van der Waals surface area (Å²) >= 11 is 0. The summed E-state index contributed by atoms with van der Waals surface area (Å²) in [5.74, 6) is -0.881. The quantitative estimate of drug-likeness (QED) is 0.143. The molecule has 0 saturated carbocycles. The second-order valence-corrected chi connectivity index (χ2v) is 10.2. The van der Waals surface area contributed by atoms with Gasteiger partial charge in [0.15, 0.2) is 5.82 Å². The van der Waals surface area contributed by atoms with Crippen molar-refractivity contribution in [3.05, 3.63) is 76.6 Å². The first-order valence-corrected chi connectivity index (χ1v) is 14.1. The molecule has 6 heteroatoms. The molecule has 1 aliphatic carbocycles. The highest BCUT2D eigenvalue weighted by atomic mass is 16.5. The summed E-state index contributed by atoms with van der Waals surface area (Å²) in [6.45, 7) is 2.25. The van der Waals surface area contributed by atoms with Gasteiger partial charge in [-0.05, 0) is 73.4 Å². The summed E-state index contributed by atoms with van der Waals surface area (Å²) < 4.78 is 5.68. The number of carbonyl (C=O) groups is 2. The molecule has 1 aromatic heterocycles. The maximum absolute atomic E-state index is 12.9. The fourth-order valence-electron chi connectivity index (χ4n) is 5.08. The molecular formula is C32H38N2O4. The number of carboxylic acid groups (broad SMARTS) is 1. The lowest BCUT2D eigenvalue weighted by Gasteiger charge is -2.20. The molecule has 38 heavy (non-hydrogen) atoms. The Kier molecular flexibility index (Phi) is 10.0. The zero-order valence-electron chi connectivity index (χ0n) is 22.4. The normalized spacial score (nSPS) is 12.7. The Morgan fingerprint density at radius 3 is 2.18 bits per heavy atom. The molecule has 0 spiro atoms. The number of unbranched alkanes of at least 4 members (excludes halogenated alkanes) is 7. The number of aryl methyl sites for hydroxylation is 2. The maximum atomic E-state index is 12.9. The van der Waals surface area contributed by atoms with Crippen LogP contribution in [0.25, 0.3) is 11.4 Å². The van der Waals surface area contributed by atoms with E-state index in [0.717, 1.165) is 54.4 Å². The maximum Gasteiger partial charge on any atom is 0.343 e. The Balaban J connectivity index is 1.33. The molecule has 0 bridgehead atoms. The average Bonchev–Trinajstić information content (AvgIpc) is 2.95. The van der Waals surface area contributed by atoms with Gasteiger partial charge in [0.05, 0.1) is 5.56 Å². The molecule has 0 fully saturated rings. The zero-order valence-corrected chi connectivity index (χ0v) is 22.4. The van der Waals surface area contributed by atoms with E-state index in [2.05, 4.69) is 16.9 Å². The minimum absolute atomic E-state index is 0.0242. The third-order valence-corrected chi connectivity index (χ3v) is 7.31. The molecule has 2 aromatic carbocycles. The number of aromatic nitrogens is 2. The second kappa shape index (κ2) is 13.8. The SMILES string of the molecule is CCCCCCCCCCc1cnc(-c2ccc(C(=O)Oc3c(C(=O)O)ccc4c3CCCC4)cc2)nc1. The van der Waals surface area contributed by atoms with Crippen LogP contribution in [0.2, 0.25) is 0 Å². The lowest BCUT2D eigenvalue weighted by molar-refractivity contribution is 0.0680. The first kappa shape index (κ1) is 27.5. The van der Waals surface area contributed by atoms with Gasteiger partial charge in [-0.3, -0.25) is 0 Å². The molecule has 0 atom stereocenters. The highest BCUT2D eigenvalue weighted by molar-refractivity contribution is 5.96. The Bertz CT molecular complexity index is 1220. The second-order valence-electron chi connectivity index (χ2n) is 10.2. The van der Waals surface area contributed by atoms with Crippen molar-refractivity contribution in [1.29, 1.82) is 0 Å². The molecule has 1 aliphatic rings. The van der Waals surface area contributed by atoms with E-state index in [4.69, 9.17) is 4.74 Å². The number of hydrogen-bond donors (Lipinski definition) is 1. The summed E-state index contributed by atoms with van der Waals surface area (Å²) in [6, 6.07) is 10.3. The van der Waals surface area contributed by atoms with Crippen molar-refractivity contribution in [1.82, 2.24) is 9.97 Å². The van der Waals surface area contributed by atoms with Crippen LogP contribution in [0.5, 0.6) is 5.75 Å². The van der Waals surface area contributed by atoms with Crippen LogP contribution in [0.15, 0.2) is 48.8 Å². The van der Waals surface area contributed by atoms with Gasteiger partial charge >= 0.3 is 11.9 Å². The summed E-state index contributed by atoms with van der Waals surface area (Å²) in [4.78, 5) is 33.8. The predicted octanol–water partition coefficient (Wildman–Crippen LogP) is 7.62. The Morgan fingerprint density at radius 1 is 0.842 bits per heavy atom. The molecule has 4 rings (SSSR count). The molecule has 0 radical (unpaired) electrons. The summed E-state index contributed by atoms with van der Waals surface area (Å²) in [5, 5.41) is 9.64.